The zero-order chi connectivity index (χ0) is 14.0. The Bertz CT molecular complexity index is 361. The van der Waals surface area contributed by atoms with Gasteiger partial charge in [-0.2, -0.15) is 0 Å². The molecule has 4 atom stereocenters. The Balaban J connectivity index is 2.11. The van der Waals surface area contributed by atoms with E-state index in [2.05, 4.69) is 0 Å². The molecule has 1 aliphatic heterocycles. The van der Waals surface area contributed by atoms with Crippen molar-refractivity contribution in [3.8, 4) is 0 Å². The van der Waals surface area contributed by atoms with Crippen molar-refractivity contribution in [2.45, 2.75) is 44.2 Å². The minimum atomic E-state index is -0.664. The maximum atomic E-state index is 12.6. The van der Waals surface area contributed by atoms with Gasteiger partial charge in [-0.3, -0.25) is 9.59 Å². The summed E-state index contributed by atoms with van der Waals surface area (Å²) in [5, 5.41) is 9.66. The highest BCUT2D eigenvalue weighted by molar-refractivity contribution is 5.88. The summed E-state index contributed by atoms with van der Waals surface area (Å²) in [5.41, 5.74) is 11.1. The molecule has 2 rings (SSSR count). The van der Waals surface area contributed by atoms with Crippen molar-refractivity contribution in [3.05, 3.63) is 0 Å². The van der Waals surface area contributed by atoms with Crippen LogP contribution in [0.4, 0.5) is 0 Å². The van der Waals surface area contributed by atoms with Gasteiger partial charge < -0.3 is 21.5 Å². The second-order valence-electron chi connectivity index (χ2n) is 5.69. The Morgan fingerprint density at radius 3 is 2.58 bits per heavy atom. The molecule has 5 N–H and O–H groups in total. The molecule has 0 bridgehead atoms. The van der Waals surface area contributed by atoms with Crippen LogP contribution in [0.3, 0.4) is 0 Å². The summed E-state index contributed by atoms with van der Waals surface area (Å²) in [5.74, 6) is -0.529. The predicted octanol–water partition coefficient (Wildman–Crippen LogP) is -0.801. The molecule has 0 radical (unpaired) electrons. The third-order valence-corrected chi connectivity index (χ3v) is 4.42. The molecule has 4 unspecified atom stereocenters. The molecule has 6 heteroatoms. The van der Waals surface area contributed by atoms with Gasteiger partial charge in [-0.15, -0.1) is 0 Å². The number of nitrogens with zero attached hydrogens (tertiary/aromatic N) is 1. The van der Waals surface area contributed by atoms with Gasteiger partial charge in [0.15, 0.2) is 0 Å². The number of likely N-dealkylation sites (tertiary alicyclic amines) is 1. The fourth-order valence-electron chi connectivity index (χ4n) is 3.35. The SMILES string of the molecule is NCC1CCCCC1C(=O)N1CC(O)CC1C(N)=O. The first-order valence-corrected chi connectivity index (χ1v) is 7.02. The highest BCUT2D eigenvalue weighted by Gasteiger charge is 2.42. The third-order valence-electron chi connectivity index (χ3n) is 4.42. The molecule has 2 fully saturated rings. The molecule has 19 heavy (non-hydrogen) atoms. The van der Waals surface area contributed by atoms with Crippen LogP contribution in [-0.4, -0.2) is 47.1 Å². The van der Waals surface area contributed by atoms with E-state index in [0.717, 1.165) is 25.7 Å². The number of rotatable bonds is 3. The Labute approximate surface area is 113 Å². The fraction of sp³-hybridized carbons (Fsp3) is 0.846. The molecule has 1 saturated carbocycles. The molecule has 108 valence electrons. The van der Waals surface area contributed by atoms with E-state index in [1.807, 2.05) is 0 Å². The average Bonchev–Trinajstić information content (AvgIpc) is 2.80. The summed E-state index contributed by atoms with van der Waals surface area (Å²) in [6.07, 6.45) is 3.50. The summed E-state index contributed by atoms with van der Waals surface area (Å²) in [7, 11) is 0. The number of hydrogen-bond donors (Lipinski definition) is 3. The Kier molecular flexibility index (Phi) is 4.42. The van der Waals surface area contributed by atoms with Crippen LogP contribution in [0, 0.1) is 11.8 Å². The number of hydrogen-bond acceptors (Lipinski definition) is 4. The van der Waals surface area contributed by atoms with Gasteiger partial charge in [0, 0.05) is 18.9 Å². The van der Waals surface area contributed by atoms with Crippen LogP contribution in [0.5, 0.6) is 0 Å². The third kappa shape index (κ3) is 2.90. The van der Waals surface area contributed by atoms with E-state index in [0.29, 0.717) is 6.54 Å². The van der Waals surface area contributed by atoms with Gasteiger partial charge in [-0.05, 0) is 25.3 Å². The van der Waals surface area contributed by atoms with Crippen molar-refractivity contribution in [2.24, 2.45) is 23.3 Å². The monoisotopic (exact) mass is 269 g/mol. The van der Waals surface area contributed by atoms with Crippen LogP contribution in [-0.2, 0) is 9.59 Å². The largest absolute Gasteiger partial charge is 0.391 e. The number of primary amides is 1. The van der Waals surface area contributed by atoms with Crippen LogP contribution in [0.25, 0.3) is 0 Å². The summed E-state index contributed by atoms with van der Waals surface area (Å²) in [6.45, 7) is 0.703. The molecule has 0 aromatic rings. The minimum Gasteiger partial charge on any atom is -0.391 e. The van der Waals surface area contributed by atoms with Crippen molar-refractivity contribution in [1.29, 1.82) is 0 Å². The van der Waals surface area contributed by atoms with E-state index in [9.17, 15) is 14.7 Å². The molecule has 1 saturated heterocycles. The van der Waals surface area contributed by atoms with E-state index in [1.54, 1.807) is 0 Å². The molecular weight excluding hydrogens is 246 g/mol. The van der Waals surface area contributed by atoms with E-state index in [4.69, 9.17) is 11.5 Å². The second kappa shape index (κ2) is 5.88. The van der Waals surface area contributed by atoms with Gasteiger partial charge in [0.25, 0.3) is 0 Å². The summed E-state index contributed by atoms with van der Waals surface area (Å²) in [6, 6.07) is -0.664. The molecule has 2 aliphatic rings. The van der Waals surface area contributed by atoms with Gasteiger partial charge in [0.2, 0.25) is 11.8 Å². The van der Waals surface area contributed by atoms with Crippen molar-refractivity contribution in [1.82, 2.24) is 4.90 Å². The van der Waals surface area contributed by atoms with Crippen LogP contribution in [0.2, 0.25) is 0 Å². The number of carbonyl (C=O) groups is 2. The number of carbonyl (C=O) groups excluding carboxylic acids is 2. The molecule has 6 nitrogen and oxygen atoms in total. The van der Waals surface area contributed by atoms with Gasteiger partial charge in [-0.25, -0.2) is 0 Å². The van der Waals surface area contributed by atoms with Crippen molar-refractivity contribution in [3.63, 3.8) is 0 Å². The molecule has 1 heterocycles. The number of amides is 2. The zero-order valence-corrected chi connectivity index (χ0v) is 11.1. The van der Waals surface area contributed by atoms with Gasteiger partial charge in [-0.1, -0.05) is 12.8 Å². The molecule has 1 aliphatic carbocycles. The predicted molar refractivity (Wildman–Crippen MR) is 69.8 cm³/mol. The number of nitrogens with two attached hydrogens (primary N) is 2. The van der Waals surface area contributed by atoms with Crippen molar-refractivity contribution < 1.29 is 14.7 Å². The Morgan fingerprint density at radius 2 is 1.95 bits per heavy atom. The smallest absolute Gasteiger partial charge is 0.240 e. The standard InChI is InChI=1S/C13H23N3O3/c14-6-8-3-1-2-4-10(8)13(19)16-7-9(17)5-11(16)12(15)18/h8-11,17H,1-7,14H2,(H2,15,18). The highest BCUT2D eigenvalue weighted by atomic mass is 16.3. The second-order valence-corrected chi connectivity index (χ2v) is 5.69. The lowest BCUT2D eigenvalue weighted by atomic mass is 9.78. The van der Waals surface area contributed by atoms with Gasteiger partial charge in [0.05, 0.1) is 6.10 Å². The van der Waals surface area contributed by atoms with Gasteiger partial charge >= 0.3 is 0 Å². The highest BCUT2D eigenvalue weighted by Crippen LogP contribution is 2.32. The molecule has 0 spiro atoms. The fourth-order valence-corrected chi connectivity index (χ4v) is 3.35. The van der Waals surface area contributed by atoms with E-state index < -0.39 is 18.1 Å². The number of aliphatic hydroxyl groups excluding tert-OH is 1. The quantitative estimate of drug-likeness (QED) is 0.623. The Morgan fingerprint density at radius 1 is 1.26 bits per heavy atom. The van der Waals surface area contributed by atoms with Crippen LogP contribution < -0.4 is 11.5 Å². The first-order chi connectivity index (χ1) is 9.04. The summed E-state index contributed by atoms with van der Waals surface area (Å²) >= 11 is 0. The lowest BCUT2D eigenvalue weighted by Gasteiger charge is -2.34. The Hall–Kier alpha value is -1.14. The van der Waals surface area contributed by atoms with Crippen molar-refractivity contribution in [2.75, 3.05) is 13.1 Å². The summed E-state index contributed by atoms with van der Waals surface area (Å²) < 4.78 is 0. The molecular formula is C13H23N3O3. The minimum absolute atomic E-state index is 0.0597. The first kappa shape index (κ1) is 14.3. The normalized spacial score (nSPS) is 35.4. The lowest BCUT2D eigenvalue weighted by molar-refractivity contribution is -0.143. The van der Waals surface area contributed by atoms with E-state index in [1.165, 1.54) is 4.90 Å². The van der Waals surface area contributed by atoms with E-state index in [-0.39, 0.29) is 30.7 Å². The van der Waals surface area contributed by atoms with Crippen LogP contribution in [0.15, 0.2) is 0 Å². The maximum Gasteiger partial charge on any atom is 0.240 e. The van der Waals surface area contributed by atoms with Gasteiger partial charge in [0.1, 0.15) is 6.04 Å². The van der Waals surface area contributed by atoms with E-state index >= 15 is 0 Å². The zero-order valence-electron chi connectivity index (χ0n) is 11.1. The van der Waals surface area contributed by atoms with Crippen LogP contribution in [0.1, 0.15) is 32.1 Å². The molecule has 0 aromatic carbocycles. The number of aliphatic hydroxyl groups is 1. The average molecular weight is 269 g/mol. The lowest BCUT2D eigenvalue weighted by Crippen LogP contribution is -2.48. The molecule has 2 amide bonds. The summed E-state index contributed by atoms with van der Waals surface area (Å²) in [4.78, 5) is 25.4. The van der Waals surface area contributed by atoms with Crippen LogP contribution >= 0.6 is 0 Å². The van der Waals surface area contributed by atoms with Crippen molar-refractivity contribution >= 4 is 11.8 Å². The first-order valence-electron chi connectivity index (χ1n) is 7.02. The topological polar surface area (TPSA) is 110 Å². The maximum absolute atomic E-state index is 12.6. The molecule has 0 aromatic heterocycles. The number of β-amino-alcohol motifs (C(OH)–C–C–N with tert-alkyl or cyclic N) is 1.